The molecule has 0 unspecified atom stereocenters. The predicted molar refractivity (Wildman–Crippen MR) is 70.7 cm³/mol. The molecular weight excluding hydrogens is 290 g/mol. The third kappa shape index (κ3) is 3.31. The molecule has 1 aliphatic rings. The maximum atomic E-state index is 12.1. The number of rotatable bonds is 4. The molecule has 1 aromatic rings. The van der Waals surface area contributed by atoms with Gasteiger partial charge in [-0.15, -0.1) is 16.2 Å². The van der Waals surface area contributed by atoms with Crippen LogP contribution in [0, 0.1) is 0 Å². The van der Waals surface area contributed by atoms with E-state index in [1.807, 2.05) is 7.05 Å². The van der Waals surface area contributed by atoms with Gasteiger partial charge in [0.1, 0.15) is 9.77 Å². The van der Waals surface area contributed by atoms with Gasteiger partial charge < -0.3 is 10.0 Å². The van der Waals surface area contributed by atoms with Crippen molar-refractivity contribution < 1.29 is 18.3 Å². The molecule has 0 amide bonds. The predicted octanol–water partition coefficient (Wildman–Crippen LogP) is -0.113. The minimum Gasteiger partial charge on any atom is -0.477 e. The van der Waals surface area contributed by atoms with Crippen molar-refractivity contribution in [3.05, 3.63) is 16.3 Å². The highest BCUT2D eigenvalue weighted by atomic mass is 32.2. The summed E-state index contributed by atoms with van der Waals surface area (Å²) in [5.41, 5.74) is 0. The van der Waals surface area contributed by atoms with Crippen LogP contribution in [0.1, 0.15) is 9.67 Å². The highest BCUT2D eigenvalue weighted by Crippen LogP contribution is 2.22. The van der Waals surface area contributed by atoms with Crippen molar-refractivity contribution in [3.63, 3.8) is 0 Å². The number of piperazine rings is 1. The van der Waals surface area contributed by atoms with E-state index < -0.39 is 16.0 Å². The number of nitrogens with one attached hydrogen (secondary N) is 1. The molecule has 106 valence electrons. The van der Waals surface area contributed by atoms with Gasteiger partial charge in [-0.05, 0) is 18.5 Å². The molecule has 2 rings (SSSR count). The molecule has 2 heterocycles. The number of nitrogens with zero attached hydrogens (tertiary/aromatic N) is 2. The number of carboxylic acids is 1. The molecule has 0 atom stereocenters. The first-order valence-corrected chi connectivity index (χ1v) is 8.03. The molecule has 1 aliphatic heterocycles. The highest BCUT2D eigenvalue weighted by Gasteiger charge is 2.26. The van der Waals surface area contributed by atoms with Crippen molar-refractivity contribution in [2.45, 2.75) is 4.90 Å². The minimum atomic E-state index is -3.82. The van der Waals surface area contributed by atoms with Gasteiger partial charge in [0.2, 0.25) is 0 Å². The Morgan fingerprint density at radius 1 is 1.37 bits per heavy atom. The second-order valence-electron chi connectivity index (χ2n) is 4.30. The standard InChI is InChI=1S/C10H15N3O4S2/c1-12-3-5-13(6-4-12)11-19(16,17)8-2-7-18-9(8)10(14)15/h2,7,11H,3-6H2,1H3,(H,14,15). The van der Waals surface area contributed by atoms with Crippen LogP contribution in [0.15, 0.2) is 16.3 Å². The second-order valence-corrected chi connectivity index (χ2v) is 6.85. The van der Waals surface area contributed by atoms with Crippen molar-refractivity contribution in [1.82, 2.24) is 14.7 Å². The normalized spacial score (nSPS) is 18.6. The Hall–Kier alpha value is -1.00. The molecular formula is C10H15N3O4S2. The van der Waals surface area contributed by atoms with Crippen LogP contribution in [0.4, 0.5) is 0 Å². The van der Waals surface area contributed by atoms with E-state index in [1.54, 1.807) is 5.01 Å². The second kappa shape index (κ2) is 5.55. The van der Waals surface area contributed by atoms with Gasteiger partial charge in [-0.1, -0.05) is 0 Å². The number of hydrogen-bond donors (Lipinski definition) is 2. The van der Waals surface area contributed by atoms with E-state index in [9.17, 15) is 13.2 Å². The van der Waals surface area contributed by atoms with Crippen LogP contribution in [0.3, 0.4) is 0 Å². The van der Waals surface area contributed by atoms with Crippen LogP contribution in [0.25, 0.3) is 0 Å². The lowest BCUT2D eigenvalue weighted by Gasteiger charge is -2.32. The largest absolute Gasteiger partial charge is 0.477 e. The molecule has 0 spiro atoms. The van der Waals surface area contributed by atoms with Crippen LogP contribution in [0.5, 0.6) is 0 Å². The summed E-state index contributed by atoms with van der Waals surface area (Å²) in [7, 11) is -1.86. The monoisotopic (exact) mass is 305 g/mol. The number of hydrazine groups is 1. The molecule has 0 aliphatic carbocycles. The van der Waals surface area contributed by atoms with E-state index >= 15 is 0 Å². The number of hydrogen-bond acceptors (Lipinski definition) is 6. The summed E-state index contributed by atoms with van der Waals surface area (Å²) in [4.78, 5) is 15.2. The summed E-state index contributed by atoms with van der Waals surface area (Å²) in [6, 6.07) is 1.31. The van der Waals surface area contributed by atoms with Gasteiger partial charge >= 0.3 is 5.97 Å². The first-order valence-electron chi connectivity index (χ1n) is 5.67. The van der Waals surface area contributed by atoms with Crippen LogP contribution in [-0.4, -0.2) is 62.6 Å². The average Bonchev–Trinajstić information content (AvgIpc) is 2.82. The summed E-state index contributed by atoms with van der Waals surface area (Å²) < 4.78 is 24.3. The van der Waals surface area contributed by atoms with Crippen LogP contribution in [0.2, 0.25) is 0 Å². The minimum absolute atomic E-state index is 0.165. The maximum absolute atomic E-state index is 12.1. The van der Waals surface area contributed by atoms with Crippen molar-refractivity contribution in [2.75, 3.05) is 33.2 Å². The van der Waals surface area contributed by atoms with E-state index in [0.29, 0.717) is 13.1 Å². The number of carbonyl (C=O) groups is 1. The molecule has 9 heteroatoms. The lowest BCUT2D eigenvalue weighted by Crippen LogP contribution is -2.52. The van der Waals surface area contributed by atoms with Crippen LogP contribution in [-0.2, 0) is 10.0 Å². The van der Waals surface area contributed by atoms with Gasteiger partial charge in [0, 0.05) is 26.2 Å². The Kier molecular flexibility index (Phi) is 4.21. The zero-order valence-electron chi connectivity index (χ0n) is 10.4. The van der Waals surface area contributed by atoms with E-state index in [4.69, 9.17) is 5.11 Å². The van der Waals surface area contributed by atoms with Crippen LogP contribution < -0.4 is 4.83 Å². The summed E-state index contributed by atoms with van der Waals surface area (Å²) in [6.45, 7) is 2.67. The van der Waals surface area contributed by atoms with Gasteiger partial charge in [-0.2, -0.15) is 0 Å². The number of thiophene rings is 1. The van der Waals surface area contributed by atoms with Gasteiger partial charge in [-0.25, -0.2) is 18.2 Å². The number of aromatic carboxylic acids is 1. The Balaban J connectivity index is 2.14. The van der Waals surface area contributed by atoms with E-state index in [1.165, 1.54) is 11.4 Å². The topological polar surface area (TPSA) is 90.0 Å². The molecule has 1 fully saturated rings. The van der Waals surface area contributed by atoms with Crippen molar-refractivity contribution >= 4 is 27.3 Å². The Bertz CT molecular complexity index is 561. The third-order valence-corrected chi connectivity index (χ3v) is 5.31. The lowest BCUT2D eigenvalue weighted by molar-refractivity contribution is 0.0698. The summed E-state index contributed by atoms with van der Waals surface area (Å²) in [6.07, 6.45) is 0. The zero-order chi connectivity index (χ0) is 14.0. The van der Waals surface area contributed by atoms with Crippen molar-refractivity contribution in [1.29, 1.82) is 0 Å². The molecule has 0 saturated carbocycles. The lowest BCUT2D eigenvalue weighted by atomic mass is 10.4. The summed E-state index contributed by atoms with van der Waals surface area (Å²) in [5, 5.41) is 12.0. The molecule has 0 radical (unpaired) electrons. The fourth-order valence-electron chi connectivity index (χ4n) is 1.78. The Morgan fingerprint density at radius 2 is 2.00 bits per heavy atom. The zero-order valence-corrected chi connectivity index (χ0v) is 12.0. The maximum Gasteiger partial charge on any atom is 0.347 e. The van der Waals surface area contributed by atoms with E-state index in [0.717, 1.165) is 24.4 Å². The quantitative estimate of drug-likeness (QED) is 0.806. The Labute approximate surface area is 115 Å². The molecule has 7 nitrogen and oxygen atoms in total. The molecule has 19 heavy (non-hydrogen) atoms. The molecule has 1 saturated heterocycles. The van der Waals surface area contributed by atoms with E-state index in [-0.39, 0.29) is 9.77 Å². The van der Waals surface area contributed by atoms with Crippen LogP contribution >= 0.6 is 11.3 Å². The Morgan fingerprint density at radius 3 is 2.58 bits per heavy atom. The molecule has 2 N–H and O–H groups in total. The first-order chi connectivity index (χ1) is 8.90. The highest BCUT2D eigenvalue weighted by molar-refractivity contribution is 7.89. The van der Waals surface area contributed by atoms with Gasteiger partial charge in [0.15, 0.2) is 0 Å². The molecule has 0 aromatic carbocycles. The average molecular weight is 305 g/mol. The van der Waals surface area contributed by atoms with Gasteiger partial charge in [0.05, 0.1) is 0 Å². The molecule has 1 aromatic heterocycles. The fraction of sp³-hybridized carbons (Fsp3) is 0.500. The van der Waals surface area contributed by atoms with Gasteiger partial charge in [-0.3, -0.25) is 0 Å². The summed E-state index contributed by atoms with van der Waals surface area (Å²) in [5.74, 6) is -1.23. The number of sulfonamides is 1. The SMILES string of the molecule is CN1CCN(NS(=O)(=O)c2ccsc2C(=O)O)CC1. The van der Waals surface area contributed by atoms with Gasteiger partial charge in [0.25, 0.3) is 10.0 Å². The molecule has 0 bridgehead atoms. The first kappa shape index (κ1) is 14.4. The summed E-state index contributed by atoms with van der Waals surface area (Å²) >= 11 is 0.901. The fourth-order valence-corrected chi connectivity index (χ4v) is 4.17. The number of likely N-dealkylation sites (N-methyl/N-ethyl adjacent to an activating group) is 1. The number of carboxylic acid groups (broad SMARTS) is 1. The van der Waals surface area contributed by atoms with E-state index in [2.05, 4.69) is 9.73 Å². The van der Waals surface area contributed by atoms with Crippen molar-refractivity contribution in [2.24, 2.45) is 0 Å². The third-order valence-electron chi connectivity index (χ3n) is 2.87. The smallest absolute Gasteiger partial charge is 0.347 e. The van der Waals surface area contributed by atoms with Crippen molar-refractivity contribution in [3.8, 4) is 0 Å².